The fourth-order valence-electron chi connectivity index (χ4n) is 1.88. The number of rotatable bonds is 5. The van der Waals surface area contributed by atoms with Crippen molar-refractivity contribution in [1.82, 2.24) is 0 Å². The van der Waals surface area contributed by atoms with E-state index < -0.39 is 0 Å². The van der Waals surface area contributed by atoms with Crippen molar-refractivity contribution in [3.8, 4) is 0 Å². The van der Waals surface area contributed by atoms with E-state index in [4.69, 9.17) is 4.74 Å². The Bertz CT molecular complexity index is 361. The maximum Gasteiger partial charge on any atom is 0.338 e. The summed E-state index contributed by atoms with van der Waals surface area (Å²) in [5, 5.41) is 0. The number of hydrogen-bond donors (Lipinski definition) is 0. The highest BCUT2D eigenvalue weighted by Crippen LogP contribution is 2.30. The summed E-state index contributed by atoms with van der Waals surface area (Å²) in [7, 11) is 0. The van der Waals surface area contributed by atoms with E-state index in [2.05, 4.69) is 20.8 Å². The summed E-state index contributed by atoms with van der Waals surface area (Å²) in [5.41, 5.74) is 2.12. The molecule has 2 nitrogen and oxygen atoms in total. The van der Waals surface area contributed by atoms with E-state index in [1.54, 1.807) is 0 Å². The van der Waals surface area contributed by atoms with Crippen LogP contribution in [0.5, 0.6) is 0 Å². The second-order valence-corrected chi connectivity index (χ2v) is 4.57. The van der Waals surface area contributed by atoms with Crippen molar-refractivity contribution in [2.24, 2.45) is 0 Å². The molecule has 2 heteroatoms. The Morgan fingerprint density at radius 2 is 1.65 bits per heavy atom. The number of ether oxygens (including phenoxy) is 1. The standard InChI is InChI=1S/C15H22O2/c1-5-15(4,6-2)13-10-8-12(9-11-13)14(16)17-7-3/h8-11H,5-7H2,1-4H3. The Kier molecular flexibility index (Phi) is 4.73. The minimum absolute atomic E-state index is 0.202. The molecule has 0 N–H and O–H groups in total. The first-order chi connectivity index (χ1) is 8.07. The smallest absolute Gasteiger partial charge is 0.338 e. The normalized spacial score (nSPS) is 11.3. The summed E-state index contributed by atoms with van der Waals surface area (Å²) >= 11 is 0. The van der Waals surface area contributed by atoms with Crippen LogP contribution >= 0.6 is 0 Å². The third kappa shape index (κ3) is 3.09. The van der Waals surface area contributed by atoms with Gasteiger partial charge in [0, 0.05) is 0 Å². The highest BCUT2D eigenvalue weighted by molar-refractivity contribution is 5.89. The molecule has 0 unspecified atom stereocenters. The highest BCUT2D eigenvalue weighted by Gasteiger charge is 2.22. The molecular weight excluding hydrogens is 212 g/mol. The van der Waals surface area contributed by atoms with Gasteiger partial charge in [0.15, 0.2) is 0 Å². The molecule has 0 spiro atoms. The predicted octanol–water partition coefficient (Wildman–Crippen LogP) is 3.94. The van der Waals surface area contributed by atoms with E-state index in [0.717, 1.165) is 12.8 Å². The first kappa shape index (κ1) is 13.8. The molecule has 0 aliphatic rings. The van der Waals surface area contributed by atoms with Crippen LogP contribution in [0.4, 0.5) is 0 Å². The summed E-state index contributed by atoms with van der Waals surface area (Å²) in [6.45, 7) is 8.89. The topological polar surface area (TPSA) is 26.3 Å². The molecule has 94 valence electrons. The fraction of sp³-hybridized carbons (Fsp3) is 0.533. The van der Waals surface area contributed by atoms with Gasteiger partial charge in [-0.25, -0.2) is 4.79 Å². The van der Waals surface area contributed by atoms with Crippen molar-refractivity contribution in [3.63, 3.8) is 0 Å². The third-order valence-electron chi connectivity index (χ3n) is 3.65. The molecule has 0 atom stereocenters. The van der Waals surface area contributed by atoms with Gasteiger partial charge in [0.2, 0.25) is 0 Å². The van der Waals surface area contributed by atoms with E-state index >= 15 is 0 Å². The molecule has 1 aromatic rings. The van der Waals surface area contributed by atoms with Crippen LogP contribution in [-0.4, -0.2) is 12.6 Å². The summed E-state index contributed by atoms with van der Waals surface area (Å²) in [6.07, 6.45) is 2.20. The summed E-state index contributed by atoms with van der Waals surface area (Å²) in [4.78, 5) is 11.5. The molecule has 0 saturated heterocycles. The number of hydrogen-bond acceptors (Lipinski definition) is 2. The first-order valence-corrected chi connectivity index (χ1v) is 6.35. The van der Waals surface area contributed by atoms with Gasteiger partial charge in [-0.1, -0.05) is 32.9 Å². The van der Waals surface area contributed by atoms with Crippen molar-refractivity contribution >= 4 is 5.97 Å². The summed E-state index contributed by atoms with van der Waals surface area (Å²) in [6, 6.07) is 7.80. The third-order valence-corrected chi connectivity index (χ3v) is 3.65. The minimum Gasteiger partial charge on any atom is -0.462 e. The minimum atomic E-state index is -0.242. The number of esters is 1. The summed E-state index contributed by atoms with van der Waals surface area (Å²) < 4.78 is 4.97. The molecule has 0 aromatic heterocycles. The van der Waals surface area contributed by atoms with Gasteiger partial charge in [-0.2, -0.15) is 0 Å². The SMILES string of the molecule is CCOC(=O)c1ccc(C(C)(CC)CC)cc1. The molecule has 1 aromatic carbocycles. The van der Waals surface area contributed by atoms with Crippen LogP contribution in [0.3, 0.4) is 0 Å². The summed E-state index contributed by atoms with van der Waals surface area (Å²) in [5.74, 6) is -0.242. The second-order valence-electron chi connectivity index (χ2n) is 4.57. The van der Waals surface area contributed by atoms with Crippen molar-refractivity contribution in [1.29, 1.82) is 0 Å². The van der Waals surface area contributed by atoms with Crippen LogP contribution < -0.4 is 0 Å². The average Bonchev–Trinajstić information content (AvgIpc) is 2.38. The zero-order valence-electron chi connectivity index (χ0n) is 11.2. The van der Waals surface area contributed by atoms with Crippen LogP contribution in [-0.2, 0) is 10.2 Å². The van der Waals surface area contributed by atoms with Crippen LogP contribution in [0, 0.1) is 0 Å². The molecule has 0 amide bonds. The van der Waals surface area contributed by atoms with E-state index in [-0.39, 0.29) is 11.4 Å². The lowest BCUT2D eigenvalue weighted by Gasteiger charge is -2.27. The first-order valence-electron chi connectivity index (χ1n) is 6.35. The van der Waals surface area contributed by atoms with Gasteiger partial charge >= 0.3 is 5.97 Å². The Hall–Kier alpha value is -1.31. The van der Waals surface area contributed by atoms with Crippen molar-refractivity contribution in [2.75, 3.05) is 6.61 Å². The largest absolute Gasteiger partial charge is 0.462 e. The van der Waals surface area contributed by atoms with E-state index in [9.17, 15) is 4.79 Å². The van der Waals surface area contributed by atoms with Crippen LogP contribution in [0.2, 0.25) is 0 Å². The fourth-order valence-corrected chi connectivity index (χ4v) is 1.88. The quantitative estimate of drug-likeness (QED) is 0.721. The molecule has 0 fully saturated rings. The zero-order chi connectivity index (χ0) is 12.9. The number of benzene rings is 1. The molecule has 0 bridgehead atoms. The van der Waals surface area contributed by atoms with Crippen molar-refractivity contribution in [2.45, 2.75) is 46.0 Å². The average molecular weight is 234 g/mol. The van der Waals surface area contributed by atoms with E-state index in [0.29, 0.717) is 12.2 Å². The zero-order valence-corrected chi connectivity index (χ0v) is 11.2. The predicted molar refractivity (Wildman–Crippen MR) is 70.3 cm³/mol. The second kappa shape index (κ2) is 5.85. The monoisotopic (exact) mass is 234 g/mol. The molecule has 0 aliphatic carbocycles. The van der Waals surface area contributed by atoms with Gasteiger partial charge in [0.1, 0.15) is 0 Å². The Labute approximate surface area is 104 Å². The number of carbonyl (C=O) groups is 1. The lowest BCUT2D eigenvalue weighted by atomic mass is 9.78. The van der Waals surface area contributed by atoms with Gasteiger partial charge < -0.3 is 4.74 Å². The molecule has 17 heavy (non-hydrogen) atoms. The lowest BCUT2D eigenvalue weighted by molar-refractivity contribution is 0.0526. The van der Waals surface area contributed by atoms with Crippen LogP contribution in [0.25, 0.3) is 0 Å². The molecule has 0 aliphatic heterocycles. The Morgan fingerprint density at radius 1 is 1.12 bits per heavy atom. The maximum atomic E-state index is 11.5. The molecule has 0 heterocycles. The Balaban J connectivity index is 2.91. The molecule has 1 rings (SSSR count). The van der Waals surface area contributed by atoms with Crippen LogP contribution in [0.1, 0.15) is 56.5 Å². The number of carbonyl (C=O) groups excluding carboxylic acids is 1. The molecule has 0 radical (unpaired) electrons. The van der Waals surface area contributed by atoms with Crippen molar-refractivity contribution < 1.29 is 9.53 Å². The lowest BCUT2D eigenvalue weighted by Crippen LogP contribution is -2.19. The van der Waals surface area contributed by atoms with Gasteiger partial charge in [-0.05, 0) is 42.9 Å². The molecular formula is C15H22O2. The highest BCUT2D eigenvalue weighted by atomic mass is 16.5. The van der Waals surface area contributed by atoms with Crippen LogP contribution in [0.15, 0.2) is 24.3 Å². The Morgan fingerprint density at radius 3 is 2.06 bits per heavy atom. The van der Waals surface area contributed by atoms with Gasteiger partial charge in [-0.3, -0.25) is 0 Å². The van der Waals surface area contributed by atoms with Gasteiger partial charge in [0.25, 0.3) is 0 Å². The van der Waals surface area contributed by atoms with Crippen molar-refractivity contribution in [3.05, 3.63) is 35.4 Å². The van der Waals surface area contributed by atoms with E-state index in [1.807, 2.05) is 31.2 Å². The molecule has 0 saturated carbocycles. The van der Waals surface area contributed by atoms with Gasteiger partial charge in [0.05, 0.1) is 12.2 Å². The maximum absolute atomic E-state index is 11.5. The van der Waals surface area contributed by atoms with E-state index in [1.165, 1.54) is 5.56 Å². The van der Waals surface area contributed by atoms with Gasteiger partial charge in [-0.15, -0.1) is 0 Å².